The molecule has 0 spiro atoms. The highest BCUT2D eigenvalue weighted by Crippen LogP contribution is 2.17. The van der Waals surface area contributed by atoms with Gasteiger partial charge in [-0.3, -0.25) is 4.79 Å². The van der Waals surface area contributed by atoms with Crippen molar-refractivity contribution in [2.75, 3.05) is 6.54 Å². The smallest absolute Gasteiger partial charge is 0.251 e. The molecule has 2 aromatic carbocycles. The average Bonchev–Trinajstić information content (AvgIpc) is 2.57. The Bertz CT molecular complexity index is 725. The molecule has 2 aromatic rings. The zero-order chi connectivity index (χ0) is 18.4. The molecule has 0 aliphatic carbocycles. The van der Waals surface area contributed by atoms with Gasteiger partial charge in [0.2, 0.25) is 0 Å². The van der Waals surface area contributed by atoms with E-state index in [0.717, 1.165) is 5.56 Å². The molecule has 0 aliphatic heterocycles. The third kappa shape index (κ3) is 5.96. The minimum Gasteiger partial charge on any atom is -0.390 e. The first kappa shape index (κ1) is 19.1. The Kier molecular flexibility index (Phi) is 6.28. The summed E-state index contributed by atoms with van der Waals surface area (Å²) in [5, 5.41) is 22.5. The Hall–Kier alpha value is -2.24. The number of rotatable bonds is 7. The molecule has 4 nitrogen and oxygen atoms in total. The highest BCUT2D eigenvalue weighted by molar-refractivity contribution is 5.94. The van der Waals surface area contributed by atoms with Crippen LogP contribution in [-0.4, -0.2) is 28.3 Å². The fourth-order valence-electron chi connectivity index (χ4n) is 2.47. The molecular weight excluding hydrogens is 321 g/mol. The molecule has 0 fully saturated rings. The lowest BCUT2D eigenvalue weighted by Gasteiger charge is -2.17. The molecule has 0 saturated heterocycles. The van der Waals surface area contributed by atoms with Crippen LogP contribution in [0.3, 0.4) is 0 Å². The van der Waals surface area contributed by atoms with Crippen molar-refractivity contribution in [3.8, 4) is 0 Å². The summed E-state index contributed by atoms with van der Waals surface area (Å²) in [5.74, 6) is -0.835. The molecule has 5 heteroatoms. The van der Waals surface area contributed by atoms with Crippen LogP contribution in [-0.2, 0) is 6.42 Å². The number of carbonyl (C=O) groups is 1. The van der Waals surface area contributed by atoms with Crippen LogP contribution in [0.15, 0.2) is 48.5 Å². The van der Waals surface area contributed by atoms with Crippen molar-refractivity contribution >= 4 is 5.91 Å². The van der Waals surface area contributed by atoms with Gasteiger partial charge in [-0.15, -0.1) is 0 Å². The van der Waals surface area contributed by atoms with Gasteiger partial charge >= 0.3 is 0 Å². The van der Waals surface area contributed by atoms with Crippen LogP contribution in [0.5, 0.6) is 0 Å². The van der Waals surface area contributed by atoms with E-state index in [-0.39, 0.29) is 18.0 Å². The fraction of sp³-hybridized carbons (Fsp3) is 0.350. The molecule has 0 aliphatic rings. The lowest BCUT2D eigenvalue weighted by atomic mass is 9.98. The van der Waals surface area contributed by atoms with Gasteiger partial charge in [0, 0.05) is 17.7 Å². The molecular formula is C20H24FNO3. The number of benzene rings is 2. The number of aliphatic hydroxyl groups excluding tert-OH is 1. The Balaban J connectivity index is 1.96. The van der Waals surface area contributed by atoms with E-state index in [1.54, 1.807) is 44.2 Å². The monoisotopic (exact) mass is 345 g/mol. The maximum absolute atomic E-state index is 13.6. The van der Waals surface area contributed by atoms with Crippen LogP contribution >= 0.6 is 0 Å². The van der Waals surface area contributed by atoms with Crippen LogP contribution in [0.2, 0.25) is 0 Å². The SMILES string of the molecule is CC(C)(O)CCc1cccc(C(=O)NC[C@H](O)c2ccccc2F)c1. The molecule has 0 unspecified atom stereocenters. The van der Waals surface area contributed by atoms with Gasteiger partial charge in [0.1, 0.15) is 5.82 Å². The zero-order valence-corrected chi connectivity index (χ0v) is 14.5. The third-order valence-electron chi connectivity index (χ3n) is 3.93. The average molecular weight is 345 g/mol. The van der Waals surface area contributed by atoms with Gasteiger partial charge in [-0.2, -0.15) is 0 Å². The molecule has 0 saturated carbocycles. The normalized spacial score (nSPS) is 12.7. The van der Waals surface area contributed by atoms with Gasteiger partial charge in [0.15, 0.2) is 0 Å². The van der Waals surface area contributed by atoms with Gasteiger partial charge in [-0.1, -0.05) is 30.3 Å². The number of nitrogens with one attached hydrogen (secondary N) is 1. The first-order valence-corrected chi connectivity index (χ1v) is 8.28. The van der Waals surface area contributed by atoms with E-state index < -0.39 is 17.5 Å². The summed E-state index contributed by atoms with van der Waals surface area (Å²) in [4.78, 5) is 12.3. The molecule has 0 aromatic heterocycles. The third-order valence-corrected chi connectivity index (χ3v) is 3.93. The summed E-state index contributed by atoms with van der Waals surface area (Å²) in [5.41, 5.74) is 0.808. The molecule has 3 N–H and O–H groups in total. The highest BCUT2D eigenvalue weighted by Gasteiger charge is 2.15. The highest BCUT2D eigenvalue weighted by atomic mass is 19.1. The van der Waals surface area contributed by atoms with Crippen LogP contribution in [0, 0.1) is 5.82 Å². The van der Waals surface area contributed by atoms with Crippen LogP contribution < -0.4 is 5.32 Å². The largest absolute Gasteiger partial charge is 0.390 e. The molecule has 0 heterocycles. The van der Waals surface area contributed by atoms with E-state index in [2.05, 4.69) is 5.32 Å². The molecule has 2 rings (SSSR count). The van der Waals surface area contributed by atoms with Crippen molar-refractivity contribution < 1.29 is 19.4 Å². The van der Waals surface area contributed by atoms with Crippen LogP contribution in [0.4, 0.5) is 4.39 Å². The number of hydrogen-bond donors (Lipinski definition) is 3. The van der Waals surface area contributed by atoms with Crippen molar-refractivity contribution in [2.24, 2.45) is 0 Å². The van der Waals surface area contributed by atoms with Crippen LogP contribution in [0.1, 0.15) is 47.9 Å². The molecule has 134 valence electrons. The Labute approximate surface area is 147 Å². The van der Waals surface area contributed by atoms with E-state index in [9.17, 15) is 19.4 Å². The van der Waals surface area contributed by atoms with E-state index in [1.807, 2.05) is 6.07 Å². The van der Waals surface area contributed by atoms with E-state index in [4.69, 9.17) is 0 Å². The second kappa shape index (κ2) is 8.23. The van der Waals surface area contributed by atoms with E-state index in [0.29, 0.717) is 18.4 Å². The van der Waals surface area contributed by atoms with Crippen molar-refractivity contribution in [3.05, 3.63) is 71.0 Å². The molecule has 25 heavy (non-hydrogen) atoms. The summed E-state index contributed by atoms with van der Waals surface area (Å²) in [6.45, 7) is 3.41. The summed E-state index contributed by atoms with van der Waals surface area (Å²) in [7, 11) is 0. The quantitative estimate of drug-likeness (QED) is 0.722. The van der Waals surface area contributed by atoms with E-state index in [1.165, 1.54) is 12.1 Å². The number of aryl methyl sites for hydroxylation is 1. The Morgan fingerprint density at radius 1 is 1.20 bits per heavy atom. The standard InChI is InChI=1S/C20H24FNO3/c1-20(2,25)11-10-14-6-5-7-15(12-14)19(24)22-13-18(23)16-8-3-4-9-17(16)21/h3-9,12,18,23,25H,10-11,13H2,1-2H3,(H,22,24)/t18-/m0/s1. The second-order valence-corrected chi connectivity index (χ2v) is 6.76. The summed E-state index contributed by atoms with van der Waals surface area (Å²) in [6, 6.07) is 13.1. The summed E-state index contributed by atoms with van der Waals surface area (Å²) in [6.07, 6.45) is 0.135. The van der Waals surface area contributed by atoms with Gasteiger partial charge < -0.3 is 15.5 Å². The van der Waals surface area contributed by atoms with Gasteiger partial charge in [-0.25, -0.2) is 4.39 Å². The van der Waals surface area contributed by atoms with Crippen LogP contribution in [0.25, 0.3) is 0 Å². The lowest BCUT2D eigenvalue weighted by Crippen LogP contribution is -2.28. The molecule has 0 radical (unpaired) electrons. The zero-order valence-electron chi connectivity index (χ0n) is 14.5. The number of carbonyl (C=O) groups excluding carboxylic acids is 1. The number of aliphatic hydroxyl groups is 2. The Morgan fingerprint density at radius 2 is 1.92 bits per heavy atom. The summed E-state index contributed by atoms with van der Waals surface area (Å²) < 4.78 is 13.6. The van der Waals surface area contributed by atoms with Crippen molar-refractivity contribution in [2.45, 2.75) is 38.4 Å². The predicted octanol–water partition coefficient (Wildman–Crippen LogP) is 2.99. The fourth-order valence-corrected chi connectivity index (χ4v) is 2.47. The van der Waals surface area contributed by atoms with E-state index >= 15 is 0 Å². The maximum atomic E-state index is 13.6. The lowest BCUT2D eigenvalue weighted by molar-refractivity contribution is 0.0714. The van der Waals surface area contributed by atoms with Crippen molar-refractivity contribution in [1.82, 2.24) is 5.32 Å². The molecule has 1 atom stereocenters. The number of amides is 1. The maximum Gasteiger partial charge on any atom is 0.251 e. The molecule has 0 bridgehead atoms. The first-order chi connectivity index (χ1) is 11.8. The van der Waals surface area contributed by atoms with Crippen molar-refractivity contribution in [3.63, 3.8) is 0 Å². The first-order valence-electron chi connectivity index (χ1n) is 8.28. The minimum absolute atomic E-state index is 0.0757. The molecule has 1 amide bonds. The van der Waals surface area contributed by atoms with Gasteiger partial charge in [-0.05, 0) is 50.5 Å². The minimum atomic E-state index is -1.11. The topological polar surface area (TPSA) is 69.6 Å². The van der Waals surface area contributed by atoms with Crippen molar-refractivity contribution in [1.29, 1.82) is 0 Å². The Morgan fingerprint density at radius 3 is 2.60 bits per heavy atom. The number of halogens is 1. The van der Waals surface area contributed by atoms with Gasteiger partial charge in [0.05, 0.1) is 11.7 Å². The second-order valence-electron chi connectivity index (χ2n) is 6.76. The number of hydrogen-bond acceptors (Lipinski definition) is 3. The van der Waals surface area contributed by atoms with Gasteiger partial charge in [0.25, 0.3) is 5.91 Å². The summed E-state index contributed by atoms with van der Waals surface area (Å²) >= 11 is 0. The predicted molar refractivity (Wildman–Crippen MR) is 94.8 cm³/mol.